The Kier molecular flexibility index (Phi) is 13.0. The summed E-state index contributed by atoms with van der Waals surface area (Å²) >= 11 is 11.3. The van der Waals surface area contributed by atoms with Gasteiger partial charge < -0.3 is 20.1 Å². The first kappa shape index (κ1) is 37.9. The largest absolute Gasteiger partial charge is 0.439 e. The summed E-state index contributed by atoms with van der Waals surface area (Å²) < 4.78 is 112. The number of benzene rings is 3. The van der Waals surface area contributed by atoms with E-state index in [4.69, 9.17) is 27.9 Å². The van der Waals surface area contributed by atoms with Gasteiger partial charge in [0, 0.05) is 13.1 Å². The van der Waals surface area contributed by atoms with E-state index < -0.39 is 75.2 Å². The van der Waals surface area contributed by atoms with Crippen LogP contribution < -0.4 is 25.4 Å². The van der Waals surface area contributed by atoms with Crippen molar-refractivity contribution in [2.45, 2.75) is 38.2 Å². The molecule has 0 aliphatic heterocycles. The SMILES string of the molecule is CNC(=O)Oc1ccccc1C(C)C.O=C(NC(=O)c1c(F)cccc1F)Nc1cc(Cl)c(OC(F)(F)C(F)C(F)(F)F)cc1Cl. The first-order valence-corrected chi connectivity index (χ1v) is 13.4. The Morgan fingerprint density at radius 1 is 0.848 bits per heavy atom. The van der Waals surface area contributed by atoms with Crippen molar-refractivity contribution in [2.24, 2.45) is 0 Å². The molecule has 1 unspecified atom stereocenters. The Balaban J connectivity index is 0.000000438. The van der Waals surface area contributed by atoms with E-state index >= 15 is 0 Å². The van der Waals surface area contributed by atoms with Gasteiger partial charge in [-0.1, -0.05) is 61.3 Å². The van der Waals surface area contributed by atoms with Crippen LogP contribution in [0.3, 0.4) is 0 Å². The molecule has 0 spiro atoms. The second-order valence-electron chi connectivity index (χ2n) is 9.17. The van der Waals surface area contributed by atoms with E-state index in [1.807, 2.05) is 23.5 Å². The molecule has 0 saturated heterocycles. The predicted octanol–water partition coefficient (Wildman–Crippen LogP) is 8.63. The average Bonchev–Trinajstić information content (AvgIpc) is 2.95. The number of nitrogens with one attached hydrogen (secondary N) is 3. The minimum absolute atomic E-state index is 0.343. The molecule has 3 aromatic rings. The van der Waals surface area contributed by atoms with E-state index in [1.54, 1.807) is 18.4 Å². The summed E-state index contributed by atoms with van der Waals surface area (Å²) in [5.74, 6) is -4.23. The third-order valence-electron chi connectivity index (χ3n) is 5.46. The lowest BCUT2D eigenvalue weighted by Crippen LogP contribution is -2.45. The third kappa shape index (κ3) is 10.4. The number of carbonyl (C=O) groups excluding carboxylic acids is 3. The van der Waals surface area contributed by atoms with Gasteiger partial charge in [-0.25, -0.2) is 22.8 Å². The number of hydrogen-bond acceptors (Lipinski definition) is 5. The standard InChI is InChI=1S/C17H8Cl2F8N2O3.C11H15NO2/c18-6-5-11(32-17(26,27)14(22)16(23,24)25)7(19)4-10(6)28-15(31)29-13(30)12-8(20)2-1-3-9(12)21;1-8(2)9-6-4-5-7-10(9)14-11(13)12-3/h1-5,14H,(H2,28,29,30,31);4-8H,1-3H3,(H,12,13). The van der Waals surface area contributed by atoms with Crippen LogP contribution in [0, 0.1) is 11.6 Å². The van der Waals surface area contributed by atoms with Crippen molar-refractivity contribution in [3.63, 3.8) is 0 Å². The second kappa shape index (κ2) is 15.8. The van der Waals surface area contributed by atoms with Crippen LogP contribution in [0.1, 0.15) is 35.7 Å². The molecule has 0 heterocycles. The quantitative estimate of drug-likeness (QED) is 0.214. The highest BCUT2D eigenvalue weighted by molar-refractivity contribution is 6.36. The Hall–Kier alpha value is -4.31. The van der Waals surface area contributed by atoms with E-state index in [9.17, 15) is 49.5 Å². The maximum Gasteiger partial charge on any atom is 0.439 e. The van der Waals surface area contributed by atoms with E-state index in [0.29, 0.717) is 23.8 Å². The van der Waals surface area contributed by atoms with Crippen LogP contribution in [0.4, 0.5) is 50.4 Å². The Bertz CT molecular complexity index is 1550. The van der Waals surface area contributed by atoms with Gasteiger partial charge in [0.15, 0.2) is 0 Å². The molecule has 18 heteroatoms. The molecule has 250 valence electrons. The summed E-state index contributed by atoms with van der Waals surface area (Å²) in [7, 11) is 1.54. The minimum atomic E-state index is -5.94. The first-order valence-electron chi connectivity index (χ1n) is 12.6. The number of imide groups is 1. The highest BCUT2D eigenvalue weighted by Gasteiger charge is 2.59. The molecular formula is C28H23Cl2F8N3O5. The van der Waals surface area contributed by atoms with Crippen LogP contribution in [-0.4, -0.2) is 43.5 Å². The molecular weight excluding hydrogens is 681 g/mol. The molecule has 8 nitrogen and oxygen atoms in total. The average molecular weight is 704 g/mol. The summed E-state index contributed by atoms with van der Waals surface area (Å²) in [4.78, 5) is 34.8. The second-order valence-corrected chi connectivity index (χ2v) is 9.98. The highest BCUT2D eigenvalue weighted by Crippen LogP contribution is 2.41. The normalized spacial score (nSPS) is 12.0. The Labute approximate surface area is 265 Å². The minimum Gasteiger partial charge on any atom is -0.428 e. The number of hydrogen-bond donors (Lipinski definition) is 3. The summed E-state index contributed by atoms with van der Waals surface area (Å²) in [5, 5.41) is 4.41. The van der Waals surface area contributed by atoms with Crippen LogP contribution in [0.2, 0.25) is 10.0 Å². The van der Waals surface area contributed by atoms with Crippen molar-refractivity contribution >= 4 is 46.9 Å². The first-order chi connectivity index (χ1) is 21.3. The molecule has 0 aromatic heterocycles. The zero-order chi connectivity index (χ0) is 35.0. The van der Waals surface area contributed by atoms with Gasteiger partial charge in [-0.05, 0) is 35.7 Å². The molecule has 4 amide bonds. The van der Waals surface area contributed by atoms with Gasteiger partial charge in [-0.2, -0.15) is 22.0 Å². The number of ether oxygens (including phenoxy) is 2. The molecule has 0 aliphatic rings. The molecule has 0 aliphatic carbocycles. The van der Waals surface area contributed by atoms with Crippen molar-refractivity contribution in [1.82, 2.24) is 10.6 Å². The molecule has 0 bridgehead atoms. The summed E-state index contributed by atoms with van der Waals surface area (Å²) in [5.41, 5.74) is -0.515. The molecule has 46 heavy (non-hydrogen) atoms. The van der Waals surface area contributed by atoms with Crippen LogP contribution in [-0.2, 0) is 0 Å². The van der Waals surface area contributed by atoms with Gasteiger partial charge in [0.2, 0.25) is 0 Å². The van der Waals surface area contributed by atoms with Crippen LogP contribution >= 0.6 is 23.2 Å². The molecule has 3 N–H and O–H groups in total. The fourth-order valence-corrected chi connectivity index (χ4v) is 3.73. The predicted molar refractivity (Wildman–Crippen MR) is 151 cm³/mol. The lowest BCUT2D eigenvalue weighted by molar-refractivity contribution is -0.304. The number of halogens is 10. The molecule has 0 fully saturated rings. The van der Waals surface area contributed by atoms with Crippen molar-refractivity contribution in [2.75, 3.05) is 12.4 Å². The highest BCUT2D eigenvalue weighted by atomic mass is 35.5. The molecule has 3 rings (SSSR count). The fourth-order valence-electron chi connectivity index (χ4n) is 3.33. The molecule has 0 radical (unpaired) electrons. The zero-order valence-electron chi connectivity index (χ0n) is 23.7. The topological polar surface area (TPSA) is 106 Å². The third-order valence-corrected chi connectivity index (χ3v) is 6.07. The van der Waals surface area contributed by atoms with Crippen molar-refractivity contribution in [3.05, 3.63) is 87.4 Å². The number of anilines is 1. The number of amides is 4. The van der Waals surface area contributed by atoms with Crippen molar-refractivity contribution < 1.29 is 59.0 Å². The number of carbonyl (C=O) groups is 3. The molecule has 0 saturated carbocycles. The lowest BCUT2D eigenvalue weighted by atomic mass is 10.0. The van der Waals surface area contributed by atoms with Crippen LogP contribution in [0.15, 0.2) is 54.6 Å². The number of alkyl halides is 6. The van der Waals surface area contributed by atoms with Gasteiger partial charge in [-0.3, -0.25) is 10.1 Å². The number of urea groups is 1. The van der Waals surface area contributed by atoms with Crippen molar-refractivity contribution in [3.8, 4) is 11.5 Å². The fraction of sp³-hybridized carbons (Fsp3) is 0.250. The zero-order valence-corrected chi connectivity index (χ0v) is 25.2. The number of rotatable bonds is 7. The Morgan fingerprint density at radius 3 is 1.98 bits per heavy atom. The van der Waals surface area contributed by atoms with E-state index in [-0.39, 0.29) is 0 Å². The summed E-state index contributed by atoms with van der Waals surface area (Å²) in [6.45, 7) is 4.12. The van der Waals surface area contributed by atoms with Gasteiger partial charge >= 0.3 is 24.4 Å². The number of para-hydroxylation sites is 1. The van der Waals surface area contributed by atoms with E-state index in [0.717, 1.165) is 23.8 Å². The Morgan fingerprint density at radius 2 is 1.43 bits per heavy atom. The summed E-state index contributed by atoms with van der Waals surface area (Å²) in [6.07, 6.45) is -16.4. The maximum atomic E-state index is 13.6. The van der Waals surface area contributed by atoms with Gasteiger partial charge in [0.05, 0.1) is 15.7 Å². The van der Waals surface area contributed by atoms with Crippen LogP contribution in [0.5, 0.6) is 11.5 Å². The monoisotopic (exact) mass is 703 g/mol. The van der Waals surface area contributed by atoms with Gasteiger partial charge in [0.1, 0.15) is 28.7 Å². The summed E-state index contributed by atoms with van der Waals surface area (Å²) in [6, 6.07) is 9.69. The van der Waals surface area contributed by atoms with E-state index in [2.05, 4.69) is 23.9 Å². The maximum absolute atomic E-state index is 13.6. The van der Waals surface area contributed by atoms with Gasteiger partial charge in [0.25, 0.3) is 12.1 Å². The lowest BCUT2D eigenvalue weighted by Gasteiger charge is -2.24. The molecule has 3 aromatic carbocycles. The van der Waals surface area contributed by atoms with Gasteiger partial charge in [-0.15, -0.1) is 0 Å². The van der Waals surface area contributed by atoms with Crippen LogP contribution in [0.25, 0.3) is 0 Å². The molecule has 1 atom stereocenters. The van der Waals surface area contributed by atoms with Crippen molar-refractivity contribution in [1.29, 1.82) is 0 Å². The van der Waals surface area contributed by atoms with E-state index in [1.165, 1.54) is 0 Å². The smallest absolute Gasteiger partial charge is 0.428 e.